The zero-order chi connectivity index (χ0) is 60.0. The van der Waals surface area contributed by atoms with Crippen molar-refractivity contribution in [2.75, 3.05) is 74.6 Å². The van der Waals surface area contributed by atoms with Gasteiger partial charge in [0.1, 0.15) is 23.7 Å². The van der Waals surface area contributed by atoms with Gasteiger partial charge in [-0.15, -0.1) is 11.3 Å². The molecule has 1 unspecified atom stereocenters. The van der Waals surface area contributed by atoms with Crippen LogP contribution in [0.15, 0.2) is 84.4 Å². The lowest BCUT2D eigenvalue weighted by Crippen LogP contribution is -2.57. The summed E-state index contributed by atoms with van der Waals surface area (Å²) in [6.07, 6.45) is 7.87. The van der Waals surface area contributed by atoms with Gasteiger partial charge >= 0.3 is 0 Å². The predicted octanol–water partition coefficient (Wildman–Crippen LogP) is 8.88. The largest absolute Gasteiger partial charge is 0.391 e. The van der Waals surface area contributed by atoms with Crippen LogP contribution < -0.4 is 31.5 Å². The summed E-state index contributed by atoms with van der Waals surface area (Å²) in [6.45, 7) is 12.9. The molecule has 85 heavy (non-hydrogen) atoms. The number of aromatic nitrogens is 3. The Kier molecular flexibility index (Phi) is 21.4. The maximum absolute atomic E-state index is 14.1. The van der Waals surface area contributed by atoms with Crippen molar-refractivity contribution in [2.24, 2.45) is 5.41 Å². The molecule has 3 aliphatic rings. The van der Waals surface area contributed by atoms with Gasteiger partial charge in [-0.25, -0.2) is 13.8 Å². The van der Waals surface area contributed by atoms with E-state index >= 15 is 0 Å². The topological polar surface area (TPSA) is 226 Å². The highest BCUT2D eigenvalue weighted by Crippen LogP contribution is 2.32. The van der Waals surface area contributed by atoms with Crippen LogP contribution in [0, 0.1) is 24.0 Å². The Bertz CT molecular complexity index is 3240. The third-order valence-electron chi connectivity index (χ3n) is 16.2. The number of thiazole rings is 1. The van der Waals surface area contributed by atoms with E-state index in [2.05, 4.69) is 51.6 Å². The molecule has 454 valence electrons. The van der Waals surface area contributed by atoms with E-state index in [1.165, 1.54) is 17.0 Å². The number of anilines is 3. The number of hydrogen-bond donors (Lipinski definition) is 7. The van der Waals surface area contributed by atoms with Crippen LogP contribution in [0.3, 0.4) is 0 Å². The zero-order valence-corrected chi connectivity index (χ0v) is 50.1. The molecule has 6 aromatic rings. The van der Waals surface area contributed by atoms with Gasteiger partial charge in [0.25, 0.3) is 5.91 Å². The molecule has 0 bridgehead atoms. The van der Waals surface area contributed by atoms with Crippen molar-refractivity contribution in [3.8, 4) is 10.4 Å². The second-order valence-electron chi connectivity index (χ2n) is 23.9. The minimum absolute atomic E-state index is 0.00268. The van der Waals surface area contributed by atoms with Gasteiger partial charge in [-0.2, -0.15) is 5.10 Å². The number of β-amino-alcohol motifs (C(OH)–C–C–N with tert-alkyl or cyclic N) is 1. The molecule has 7 N–H and O–H groups in total. The van der Waals surface area contributed by atoms with Crippen molar-refractivity contribution < 1.29 is 42.6 Å². The second kappa shape index (κ2) is 29.2. The standard InChI is InChI=1S/C64H81F2N11O7S/c1-41-58(85-40-69-41)45-16-13-42(14-17-45)37-68-62(82)55-36-50(78)38-77(55)63(83)59(64(2,3)4)71-56(79)12-10-8-6-5-7-9-11-23-67-57(80)39-75-24-26-76(27-25-75)49-18-19-51(54(35-49)70-48-21-28-84-29-22-48)61(81)72-60-52-33-43(15-20-53(52)73-74-60)30-44-31-46(65)34-47(66)32-44/h13-20,31-35,40,48,50,55,59,70,78H,5-12,21-30,36-39H2,1-4H3,(H,67,80)(H,68,82)(H,71,79)(H2,72,73,74,81)/t50-,55+,59?/m1/s1. The monoisotopic (exact) mass is 1190 g/mol. The molecule has 3 atom stereocenters. The highest BCUT2D eigenvalue weighted by atomic mass is 32.1. The molecule has 0 spiro atoms. The number of rotatable bonds is 25. The lowest BCUT2D eigenvalue weighted by Gasteiger charge is -2.36. The fourth-order valence-electron chi connectivity index (χ4n) is 11.5. The van der Waals surface area contributed by atoms with Crippen LogP contribution in [-0.2, 0) is 36.9 Å². The number of nitrogens with zero attached hydrogens (tertiary/aromatic N) is 5. The molecule has 0 aliphatic carbocycles. The molecule has 0 radical (unpaired) electrons. The number of nitrogens with one attached hydrogen (secondary N) is 6. The maximum Gasteiger partial charge on any atom is 0.258 e. The summed E-state index contributed by atoms with van der Waals surface area (Å²) in [5, 5.41) is 34.3. The number of amides is 5. The molecular formula is C64H81F2N11O7S. The van der Waals surface area contributed by atoms with Crippen LogP contribution in [0.5, 0.6) is 0 Å². The van der Waals surface area contributed by atoms with Crippen molar-refractivity contribution >= 4 is 69.0 Å². The number of aliphatic hydroxyl groups is 1. The molecule has 3 fully saturated rings. The number of H-pyrrole nitrogens is 1. The maximum atomic E-state index is 14.1. The Morgan fingerprint density at radius 3 is 2.22 bits per heavy atom. The van der Waals surface area contributed by atoms with Crippen molar-refractivity contribution in [1.29, 1.82) is 0 Å². The van der Waals surface area contributed by atoms with E-state index in [9.17, 15) is 37.9 Å². The number of aromatic amines is 1. The van der Waals surface area contributed by atoms with Crippen LogP contribution in [0.4, 0.5) is 26.0 Å². The zero-order valence-electron chi connectivity index (χ0n) is 49.2. The smallest absolute Gasteiger partial charge is 0.258 e. The number of aliphatic hydroxyl groups excluding tert-OH is 1. The number of unbranched alkanes of at least 4 members (excludes halogenated alkanes) is 6. The first-order valence-corrected chi connectivity index (χ1v) is 30.8. The third kappa shape index (κ3) is 17.2. The molecule has 4 aromatic carbocycles. The van der Waals surface area contributed by atoms with E-state index in [-0.39, 0.29) is 61.5 Å². The first-order valence-electron chi connectivity index (χ1n) is 29.9. The number of ether oxygens (including phenoxy) is 1. The summed E-state index contributed by atoms with van der Waals surface area (Å²) in [5.74, 6) is -2.20. The fourth-order valence-corrected chi connectivity index (χ4v) is 12.3. The van der Waals surface area contributed by atoms with Crippen LogP contribution >= 0.6 is 11.3 Å². The highest BCUT2D eigenvalue weighted by Gasteiger charge is 2.44. The summed E-state index contributed by atoms with van der Waals surface area (Å²) in [7, 11) is 0. The number of halogens is 2. The number of fused-ring (bicyclic) bond motifs is 1. The van der Waals surface area contributed by atoms with Gasteiger partial charge < -0.3 is 46.2 Å². The van der Waals surface area contributed by atoms with Crippen LogP contribution in [0.2, 0.25) is 0 Å². The summed E-state index contributed by atoms with van der Waals surface area (Å²) < 4.78 is 33.5. The van der Waals surface area contributed by atoms with E-state index in [1.54, 1.807) is 11.3 Å². The average molecular weight is 1190 g/mol. The van der Waals surface area contributed by atoms with Gasteiger partial charge in [-0.3, -0.25) is 34.0 Å². The van der Waals surface area contributed by atoms with Crippen LogP contribution in [0.25, 0.3) is 21.3 Å². The molecule has 9 rings (SSSR count). The molecule has 2 aromatic heterocycles. The number of benzene rings is 4. The number of likely N-dealkylation sites (tertiary alicyclic amines) is 1. The first kappa shape index (κ1) is 62.2. The number of aryl methyl sites for hydroxylation is 1. The number of carbonyl (C=O) groups is 5. The Hall–Kier alpha value is -7.33. The predicted molar refractivity (Wildman–Crippen MR) is 327 cm³/mol. The quantitative estimate of drug-likeness (QED) is 0.0267. The van der Waals surface area contributed by atoms with Gasteiger partial charge in [0.05, 0.1) is 39.8 Å². The first-order chi connectivity index (χ1) is 40.9. The normalized spacial score (nSPS) is 17.2. The minimum Gasteiger partial charge on any atom is -0.391 e. The third-order valence-corrected chi connectivity index (χ3v) is 17.2. The van der Waals surface area contributed by atoms with E-state index in [4.69, 9.17) is 4.74 Å². The lowest BCUT2D eigenvalue weighted by atomic mass is 9.85. The SMILES string of the molecule is Cc1ncsc1-c1ccc(CNC(=O)[C@@H]2C[C@@H](O)CN2C(=O)C(NC(=O)CCCCCCCCCNC(=O)CN2CCN(c3ccc(C(=O)Nc4n[nH]c5ccc(Cc6cc(F)cc(F)c6)cc45)c(NC4CCOCC4)c3)CC2)C(C)(C)C)cc1. The molecule has 18 nitrogen and oxygen atoms in total. The summed E-state index contributed by atoms with van der Waals surface area (Å²) >= 11 is 1.58. The van der Waals surface area contributed by atoms with Crippen molar-refractivity contribution in [1.82, 2.24) is 40.9 Å². The summed E-state index contributed by atoms with van der Waals surface area (Å²) in [5.41, 5.74) is 8.25. The van der Waals surface area contributed by atoms with E-state index in [0.717, 1.165) is 90.4 Å². The van der Waals surface area contributed by atoms with Crippen molar-refractivity contribution in [3.05, 3.63) is 124 Å². The van der Waals surface area contributed by atoms with Crippen molar-refractivity contribution in [3.63, 3.8) is 0 Å². The molecule has 5 heterocycles. The number of hydrogen-bond acceptors (Lipinski definition) is 13. The highest BCUT2D eigenvalue weighted by molar-refractivity contribution is 7.13. The molecular weight excluding hydrogens is 1100 g/mol. The molecule has 3 aliphatic heterocycles. The van der Waals surface area contributed by atoms with Gasteiger partial charge in [0, 0.05) is 101 Å². The van der Waals surface area contributed by atoms with E-state index < -0.39 is 35.2 Å². The Labute approximate surface area is 500 Å². The summed E-state index contributed by atoms with van der Waals surface area (Å²) in [4.78, 5) is 79.2. The average Bonchev–Trinajstić information content (AvgIpc) is 3.42. The fraction of sp³-hybridized carbons (Fsp3) is 0.484. The van der Waals surface area contributed by atoms with E-state index in [0.29, 0.717) is 98.9 Å². The second-order valence-corrected chi connectivity index (χ2v) is 24.8. The Morgan fingerprint density at radius 1 is 0.812 bits per heavy atom. The number of piperazine rings is 1. The minimum atomic E-state index is -0.873. The van der Waals surface area contributed by atoms with Gasteiger partial charge in [-0.1, -0.05) is 83.2 Å². The molecule has 21 heteroatoms. The molecule has 3 saturated heterocycles. The van der Waals surface area contributed by atoms with Crippen LogP contribution in [0.1, 0.15) is 124 Å². The van der Waals surface area contributed by atoms with Gasteiger partial charge in [0.2, 0.25) is 23.6 Å². The summed E-state index contributed by atoms with van der Waals surface area (Å²) in [6, 6.07) is 21.1. The molecule has 5 amide bonds. The van der Waals surface area contributed by atoms with Gasteiger partial charge in [-0.05, 0) is 109 Å². The van der Waals surface area contributed by atoms with Gasteiger partial charge in [0.15, 0.2) is 5.82 Å². The van der Waals surface area contributed by atoms with E-state index in [1.807, 2.05) is 93.9 Å². The van der Waals surface area contributed by atoms with Crippen LogP contribution in [-0.4, -0.2) is 143 Å². The molecule has 0 saturated carbocycles. The Balaban J connectivity index is 0.654. The van der Waals surface area contributed by atoms with Crippen molar-refractivity contribution in [2.45, 2.75) is 136 Å². The number of carbonyl (C=O) groups excluding carboxylic acids is 5. The lowest BCUT2D eigenvalue weighted by molar-refractivity contribution is -0.144. The Morgan fingerprint density at radius 2 is 1.52 bits per heavy atom.